The van der Waals surface area contributed by atoms with Crippen LogP contribution in [0.25, 0.3) is 0 Å². The molecule has 4 N–H and O–H groups in total. The van der Waals surface area contributed by atoms with E-state index < -0.39 is 5.97 Å². The van der Waals surface area contributed by atoms with Crippen LogP contribution in [-0.4, -0.2) is 35.1 Å². The van der Waals surface area contributed by atoms with Gasteiger partial charge in [-0.25, -0.2) is 0 Å². The van der Waals surface area contributed by atoms with Crippen LogP contribution in [0.1, 0.15) is 39.2 Å². The second-order valence-corrected chi connectivity index (χ2v) is 7.20. The van der Waals surface area contributed by atoms with Gasteiger partial charge < -0.3 is 10.4 Å². The third-order valence-electron chi connectivity index (χ3n) is 4.80. The van der Waals surface area contributed by atoms with Gasteiger partial charge in [0, 0.05) is 24.5 Å². The van der Waals surface area contributed by atoms with Crippen LogP contribution in [0.4, 0.5) is 0 Å². The minimum absolute atomic E-state index is 0.0185. The molecule has 1 aromatic carbocycles. The molecular weight excluding hydrogens is 318 g/mol. The van der Waals surface area contributed by atoms with Crippen molar-refractivity contribution in [3.63, 3.8) is 0 Å². The van der Waals surface area contributed by atoms with E-state index >= 15 is 0 Å². The summed E-state index contributed by atoms with van der Waals surface area (Å²) < 4.78 is 0. The molecule has 0 aromatic heterocycles. The van der Waals surface area contributed by atoms with Gasteiger partial charge in [0.25, 0.3) is 0 Å². The standard InChI is InChI=1S/C19H29N3O3/c1-12(2)18-17(13(3)21-22-18)19(25)20-15(9-10-16(23)24)11-14-7-5-4-6-8-14/h4-8,12-13,15,17-18,21-22H,9-11H2,1-3H3,(H,20,25)(H,23,24). The van der Waals surface area contributed by atoms with Crippen molar-refractivity contribution in [3.8, 4) is 0 Å². The van der Waals surface area contributed by atoms with E-state index in [1.807, 2.05) is 37.3 Å². The van der Waals surface area contributed by atoms with Crippen LogP contribution in [0.5, 0.6) is 0 Å². The number of rotatable bonds is 8. The lowest BCUT2D eigenvalue weighted by atomic mass is 9.87. The number of aliphatic carboxylic acids is 1. The van der Waals surface area contributed by atoms with E-state index in [1.165, 1.54) is 0 Å². The van der Waals surface area contributed by atoms with Gasteiger partial charge in [0.05, 0.1) is 5.92 Å². The minimum atomic E-state index is -0.843. The Balaban J connectivity index is 2.06. The fourth-order valence-corrected chi connectivity index (χ4v) is 3.41. The Labute approximate surface area is 149 Å². The molecule has 0 spiro atoms. The lowest BCUT2D eigenvalue weighted by Gasteiger charge is -2.26. The molecule has 25 heavy (non-hydrogen) atoms. The SMILES string of the molecule is CC(C)C1NNC(C)C1C(=O)NC(CCC(=O)O)Cc1ccccc1. The molecule has 4 atom stereocenters. The highest BCUT2D eigenvalue weighted by Gasteiger charge is 2.40. The van der Waals surface area contributed by atoms with Gasteiger partial charge in [-0.05, 0) is 31.2 Å². The first-order valence-corrected chi connectivity index (χ1v) is 8.95. The minimum Gasteiger partial charge on any atom is -0.481 e. The summed E-state index contributed by atoms with van der Waals surface area (Å²) in [5.41, 5.74) is 7.45. The number of carbonyl (C=O) groups excluding carboxylic acids is 1. The molecule has 6 heteroatoms. The summed E-state index contributed by atoms with van der Waals surface area (Å²) in [6, 6.07) is 9.75. The number of nitrogens with one attached hydrogen (secondary N) is 3. The van der Waals surface area contributed by atoms with Crippen molar-refractivity contribution < 1.29 is 14.7 Å². The van der Waals surface area contributed by atoms with Gasteiger partial charge in [-0.2, -0.15) is 0 Å². The monoisotopic (exact) mass is 347 g/mol. The maximum atomic E-state index is 12.9. The van der Waals surface area contributed by atoms with Crippen molar-refractivity contribution in [2.75, 3.05) is 0 Å². The Kier molecular flexibility index (Phi) is 6.96. The zero-order chi connectivity index (χ0) is 18.4. The number of carboxylic acids is 1. The number of hydrogen-bond donors (Lipinski definition) is 4. The molecule has 0 aliphatic carbocycles. The molecule has 1 amide bonds. The second-order valence-electron chi connectivity index (χ2n) is 7.20. The molecule has 1 aliphatic heterocycles. The summed E-state index contributed by atoms with van der Waals surface area (Å²) in [7, 11) is 0. The second kappa shape index (κ2) is 8.97. The average molecular weight is 347 g/mol. The van der Waals surface area contributed by atoms with E-state index in [9.17, 15) is 9.59 Å². The third-order valence-corrected chi connectivity index (χ3v) is 4.80. The van der Waals surface area contributed by atoms with Crippen LogP contribution in [0.3, 0.4) is 0 Å². The van der Waals surface area contributed by atoms with E-state index in [1.54, 1.807) is 0 Å². The molecule has 1 aliphatic rings. The summed E-state index contributed by atoms with van der Waals surface area (Å²) in [6.07, 6.45) is 1.10. The number of amides is 1. The molecule has 0 saturated carbocycles. The number of carbonyl (C=O) groups is 2. The molecular formula is C19H29N3O3. The molecule has 4 unspecified atom stereocenters. The van der Waals surface area contributed by atoms with Crippen LogP contribution >= 0.6 is 0 Å². The molecule has 0 radical (unpaired) electrons. The molecule has 2 rings (SSSR count). The van der Waals surface area contributed by atoms with Crippen LogP contribution in [-0.2, 0) is 16.0 Å². The van der Waals surface area contributed by atoms with Crippen molar-refractivity contribution in [1.82, 2.24) is 16.2 Å². The lowest BCUT2D eigenvalue weighted by Crippen LogP contribution is -2.47. The Hall–Kier alpha value is -1.92. The van der Waals surface area contributed by atoms with Crippen molar-refractivity contribution in [2.24, 2.45) is 11.8 Å². The topological polar surface area (TPSA) is 90.5 Å². The van der Waals surface area contributed by atoms with Crippen LogP contribution in [0.15, 0.2) is 30.3 Å². The molecule has 1 aromatic rings. The quantitative estimate of drug-likeness (QED) is 0.575. The number of benzene rings is 1. The predicted octanol–water partition coefficient (Wildman–Crippen LogP) is 1.72. The van der Waals surface area contributed by atoms with Crippen molar-refractivity contribution in [2.45, 2.75) is 58.2 Å². The van der Waals surface area contributed by atoms with Crippen LogP contribution in [0.2, 0.25) is 0 Å². The zero-order valence-corrected chi connectivity index (χ0v) is 15.2. The molecule has 1 heterocycles. The van der Waals surface area contributed by atoms with Crippen molar-refractivity contribution >= 4 is 11.9 Å². The zero-order valence-electron chi connectivity index (χ0n) is 15.2. The summed E-state index contributed by atoms with van der Waals surface area (Å²) >= 11 is 0. The van der Waals surface area contributed by atoms with Gasteiger partial charge in [-0.3, -0.25) is 20.4 Å². The maximum Gasteiger partial charge on any atom is 0.303 e. The van der Waals surface area contributed by atoms with Gasteiger partial charge in [-0.1, -0.05) is 44.2 Å². The average Bonchev–Trinajstić information content (AvgIpc) is 2.95. The van der Waals surface area contributed by atoms with E-state index in [4.69, 9.17) is 5.11 Å². The summed E-state index contributed by atoms with van der Waals surface area (Å²) in [4.78, 5) is 23.8. The van der Waals surface area contributed by atoms with Gasteiger partial charge in [-0.15, -0.1) is 0 Å². The number of hydrazine groups is 1. The summed E-state index contributed by atoms with van der Waals surface area (Å²) in [5, 5.41) is 12.1. The fourth-order valence-electron chi connectivity index (χ4n) is 3.41. The third kappa shape index (κ3) is 5.54. The first kappa shape index (κ1) is 19.4. The highest BCUT2D eigenvalue weighted by molar-refractivity contribution is 5.81. The van der Waals surface area contributed by atoms with Crippen LogP contribution < -0.4 is 16.2 Å². The summed E-state index contributed by atoms with van der Waals surface area (Å²) in [6.45, 7) is 6.16. The first-order chi connectivity index (χ1) is 11.9. The molecule has 1 fully saturated rings. The largest absolute Gasteiger partial charge is 0.481 e. The molecule has 1 saturated heterocycles. The first-order valence-electron chi connectivity index (χ1n) is 8.95. The van der Waals surface area contributed by atoms with Crippen molar-refractivity contribution in [1.29, 1.82) is 0 Å². The Bertz CT molecular complexity index is 577. The number of hydrogen-bond acceptors (Lipinski definition) is 4. The van der Waals surface area contributed by atoms with Crippen molar-refractivity contribution in [3.05, 3.63) is 35.9 Å². The van der Waals surface area contributed by atoms with Gasteiger partial charge in [0.1, 0.15) is 0 Å². The fraction of sp³-hybridized carbons (Fsp3) is 0.579. The highest BCUT2D eigenvalue weighted by atomic mass is 16.4. The Morgan fingerprint density at radius 3 is 2.48 bits per heavy atom. The molecule has 0 bridgehead atoms. The number of carboxylic acid groups (broad SMARTS) is 1. The maximum absolute atomic E-state index is 12.9. The van der Waals surface area contributed by atoms with E-state index in [0.717, 1.165) is 5.56 Å². The van der Waals surface area contributed by atoms with Gasteiger partial charge in [0.15, 0.2) is 0 Å². The molecule has 6 nitrogen and oxygen atoms in total. The smallest absolute Gasteiger partial charge is 0.303 e. The normalized spacial score (nSPS) is 24.2. The van der Waals surface area contributed by atoms with Crippen LogP contribution in [0, 0.1) is 11.8 Å². The lowest BCUT2D eigenvalue weighted by molar-refractivity contribution is -0.137. The van der Waals surface area contributed by atoms with E-state index in [-0.39, 0.29) is 36.4 Å². The predicted molar refractivity (Wildman–Crippen MR) is 96.8 cm³/mol. The van der Waals surface area contributed by atoms with Gasteiger partial charge in [0.2, 0.25) is 5.91 Å². The Morgan fingerprint density at radius 2 is 1.88 bits per heavy atom. The summed E-state index contributed by atoms with van der Waals surface area (Å²) in [5.74, 6) is -0.720. The van der Waals surface area contributed by atoms with E-state index in [2.05, 4.69) is 30.0 Å². The van der Waals surface area contributed by atoms with Gasteiger partial charge >= 0.3 is 5.97 Å². The molecule has 138 valence electrons. The Morgan fingerprint density at radius 1 is 1.20 bits per heavy atom. The highest BCUT2D eigenvalue weighted by Crippen LogP contribution is 2.22. The van der Waals surface area contributed by atoms with E-state index in [0.29, 0.717) is 18.8 Å².